The first kappa shape index (κ1) is 17.9. The van der Waals surface area contributed by atoms with Gasteiger partial charge in [-0.05, 0) is 30.2 Å². The van der Waals surface area contributed by atoms with E-state index in [4.69, 9.17) is 5.26 Å². The third-order valence-corrected chi connectivity index (χ3v) is 5.35. The average molecular weight is 364 g/mol. The minimum absolute atomic E-state index is 0.0231. The second kappa shape index (κ2) is 7.42. The highest BCUT2D eigenvalue weighted by molar-refractivity contribution is 7.93. The van der Waals surface area contributed by atoms with Crippen LogP contribution < -0.4 is 10.0 Å². The summed E-state index contributed by atoms with van der Waals surface area (Å²) in [7, 11) is -3.75. The Morgan fingerprint density at radius 1 is 1.29 bits per heavy atom. The fraction of sp³-hybridized carbons (Fsp3) is 0.267. The number of thiazole rings is 1. The van der Waals surface area contributed by atoms with Crippen molar-refractivity contribution in [2.45, 2.75) is 24.8 Å². The number of hydrogen-bond acceptors (Lipinski definition) is 6. The van der Waals surface area contributed by atoms with E-state index >= 15 is 0 Å². The van der Waals surface area contributed by atoms with Crippen molar-refractivity contribution in [1.29, 1.82) is 5.26 Å². The van der Waals surface area contributed by atoms with Crippen molar-refractivity contribution in [2.75, 3.05) is 4.72 Å². The van der Waals surface area contributed by atoms with Crippen LogP contribution in [0, 0.1) is 17.2 Å². The summed E-state index contributed by atoms with van der Waals surface area (Å²) in [4.78, 5) is 16.0. The molecular formula is C15H16N4O3S2. The first-order valence-electron chi connectivity index (χ1n) is 7.06. The molecule has 0 saturated heterocycles. The van der Waals surface area contributed by atoms with Gasteiger partial charge in [0.15, 0.2) is 5.13 Å². The molecule has 7 nitrogen and oxygen atoms in total. The Hall–Kier alpha value is -2.44. The number of nitriles is 1. The average Bonchev–Trinajstić information content (AvgIpc) is 3.04. The van der Waals surface area contributed by atoms with Gasteiger partial charge in [0.2, 0.25) is 0 Å². The molecule has 2 N–H and O–H groups in total. The van der Waals surface area contributed by atoms with E-state index in [0.29, 0.717) is 0 Å². The Morgan fingerprint density at radius 3 is 2.46 bits per heavy atom. The smallest absolute Gasteiger partial charge is 0.263 e. The molecule has 1 amide bonds. The summed E-state index contributed by atoms with van der Waals surface area (Å²) in [6.07, 6.45) is 1.50. The molecule has 0 saturated carbocycles. The molecule has 1 aromatic heterocycles. The normalized spacial score (nSPS) is 12.4. The zero-order valence-corrected chi connectivity index (χ0v) is 14.7. The van der Waals surface area contributed by atoms with E-state index in [0.717, 1.165) is 0 Å². The van der Waals surface area contributed by atoms with Gasteiger partial charge in [-0.15, -0.1) is 11.3 Å². The fourth-order valence-corrected chi connectivity index (χ4v) is 3.59. The first-order valence-corrected chi connectivity index (χ1v) is 9.42. The molecular weight excluding hydrogens is 348 g/mol. The van der Waals surface area contributed by atoms with Crippen molar-refractivity contribution >= 4 is 32.4 Å². The summed E-state index contributed by atoms with van der Waals surface area (Å²) in [6.45, 7) is 3.65. The second-order valence-corrected chi connectivity index (χ2v) is 7.87. The highest BCUT2D eigenvalue weighted by atomic mass is 32.2. The summed E-state index contributed by atoms with van der Waals surface area (Å²) in [6, 6.07) is 6.89. The lowest BCUT2D eigenvalue weighted by molar-refractivity contribution is 0.0937. The topological polar surface area (TPSA) is 112 Å². The maximum atomic E-state index is 12.2. The van der Waals surface area contributed by atoms with Crippen molar-refractivity contribution in [3.63, 3.8) is 0 Å². The van der Waals surface area contributed by atoms with Crippen molar-refractivity contribution in [2.24, 2.45) is 5.92 Å². The molecule has 2 aromatic rings. The van der Waals surface area contributed by atoms with E-state index in [1.54, 1.807) is 5.38 Å². The van der Waals surface area contributed by atoms with Gasteiger partial charge in [0.25, 0.3) is 15.9 Å². The van der Waals surface area contributed by atoms with Gasteiger partial charge in [-0.2, -0.15) is 5.26 Å². The number of aromatic nitrogens is 1. The third kappa shape index (κ3) is 4.31. The van der Waals surface area contributed by atoms with Crippen LogP contribution in [-0.4, -0.2) is 25.4 Å². The SMILES string of the molecule is CC(C)[C@@H](C#N)NC(=O)c1ccc(S(=O)(=O)Nc2nccs2)cc1. The van der Waals surface area contributed by atoms with Crippen LogP contribution in [-0.2, 0) is 10.0 Å². The van der Waals surface area contributed by atoms with Crippen LogP contribution >= 0.6 is 11.3 Å². The number of hydrogen-bond donors (Lipinski definition) is 2. The Bertz CT molecular complexity index is 838. The van der Waals surface area contributed by atoms with E-state index in [1.807, 2.05) is 19.9 Å². The highest BCUT2D eigenvalue weighted by Crippen LogP contribution is 2.18. The molecule has 1 heterocycles. The Labute approximate surface area is 144 Å². The van der Waals surface area contributed by atoms with Crippen LogP contribution in [0.3, 0.4) is 0 Å². The van der Waals surface area contributed by atoms with E-state index < -0.39 is 22.0 Å². The number of amides is 1. The van der Waals surface area contributed by atoms with Crippen LogP contribution in [0.5, 0.6) is 0 Å². The molecule has 1 atom stereocenters. The molecule has 0 aliphatic heterocycles. The second-order valence-electron chi connectivity index (χ2n) is 5.29. The summed E-state index contributed by atoms with van der Waals surface area (Å²) < 4.78 is 26.8. The number of anilines is 1. The largest absolute Gasteiger partial charge is 0.336 e. The van der Waals surface area contributed by atoms with Gasteiger partial charge in [0.1, 0.15) is 6.04 Å². The minimum Gasteiger partial charge on any atom is -0.336 e. The number of nitrogens with zero attached hydrogens (tertiary/aromatic N) is 2. The number of sulfonamides is 1. The number of rotatable bonds is 6. The van der Waals surface area contributed by atoms with E-state index in [9.17, 15) is 13.2 Å². The lowest BCUT2D eigenvalue weighted by atomic mass is 10.1. The zero-order chi connectivity index (χ0) is 17.7. The van der Waals surface area contributed by atoms with Crippen molar-refractivity contribution in [3.8, 4) is 6.07 Å². The minimum atomic E-state index is -3.75. The van der Waals surface area contributed by atoms with Crippen LogP contribution in [0.1, 0.15) is 24.2 Å². The van der Waals surface area contributed by atoms with Crippen molar-refractivity contribution in [3.05, 3.63) is 41.4 Å². The van der Waals surface area contributed by atoms with Crippen LogP contribution in [0.25, 0.3) is 0 Å². The number of carbonyl (C=O) groups is 1. The molecule has 126 valence electrons. The summed E-state index contributed by atoms with van der Waals surface area (Å²) >= 11 is 1.17. The first-order chi connectivity index (χ1) is 11.3. The van der Waals surface area contributed by atoms with Crippen LogP contribution in [0.4, 0.5) is 5.13 Å². The molecule has 9 heteroatoms. The van der Waals surface area contributed by atoms with Gasteiger partial charge < -0.3 is 5.32 Å². The molecule has 0 bridgehead atoms. The highest BCUT2D eigenvalue weighted by Gasteiger charge is 2.18. The van der Waals surface area contributed by atoms with Gasteiger partial charge >= 0.3 is 0 Å². The zero-order valence-electron chi connectivity index (χ0n) is 13.1. The third-order valence-electron chi connectivity index (χ3n) is 3.17. The number of benzene rings is 1. The van der Waals surface area contributed by atoms with Gasteiger partial charge in [-0.25, -0.2) is 13.4 Å². The molecule has 0 aliphatic rings. The Balaban J connectivity index is 2.13. The fourth-order valence-electron chi connectivity index (χ4n) is 1.81. The van der Waals surface area contributed by atoms with Gasteiger partial charge in [0, 0.05) is 17.1 Å². The molecule has 0 aliphatic carbocycles. The Morgan fingerprint density at radius 2 is 1.96 bits per heavy atom. The molecule has 1 aromatic carbocycles. The molecule has 0 spiro atoms. The maximum absolute atomic E-state index is 12.2. The lowest BCUT2D eigenvalue weighted by Gasteiger charge is -2.15. The molecule has 2 rings (SSSR count). The number of nitrogens with one attached hydrogen (secondary N) is 2. The maximum Gasteiger partial charge on any atom is 0.263 e. The lowest BCUT2D eigenvalue weighted by Crippen LogP contribution is -2.37. The van der Waals surface area contributed by atoms with Gasteiger partial charge in [-0.3, -0.25) is 9.52 Å². The van der Waals surface area contributed by atoms with Gasteiger partial charge in [-0.1, -0.05) is 13.8 Å². The quantitative estimate of drug-likeness (QED) is 0.816. The predicted molar refractivity (Wildman–Crippen MR) is 91.1 cm³/mol. The standard InChI is InChI=1S/C15H16N4O3S2/c1-10(2)13(9-16)18-14(20)11-3-5-12(6-4-11)24(21,22)19-15-17-7-8-23-15/h3-8,10,13H,1-2H3,(H,17,19)(H,18,20)/t13-/m1/s1. The number of carbonyl (C=O) groups excluding carboxylic acids is 1. The van der Waals surface area contributed by atoms with Gasteiger partial charge in [0.05, 0.1) is 11.0 Å². The molecule has 0 unspecified atom stereocenters. The van der Waals surface area contributed by atoms with E-state index in [2.05, 4.69) is 15.0 Å². The van der Waals surface area contributed by atoms with E-state index in [-0.39, 0.29) is 21.5 Å². The summed E-state index contributed by atoms with van der Waals surface area (Å²) in [5, 5.41) is 13.5. The van der Waals surface area contributed by atoms with Crippen LogP contribution in [0.2, 0.25) is 0 Å². The summed E-state index contributed by atoms with van der Waals surface area (Å²) in [5.74, 6) is -0.451. The Kier molecular flexibility index (Phi) is 5.54. The molecule has 24 heavy (non-hydrogen) atoms. The predicted octanol–water partition coefficient (Wildman–Crippen LogP) is 2.22. The summed E-state index contributed by atoms with van der Waals surface area (Å²) in [5.41, 5.74) is 0.282. The van der Waals surface area contributed by atoms with Crippen molar-refractivity contribution in [1.82, 2.24) is 10.3 Å². The monoisotopic (exact) mass is 364 g/mol. The van der Waals surface area contributed by atoms with Crippen molar-refractivity contribution < 1.29 is 13.2 Å². The van der Waals surface area contributed by atoms with Crippen LogP contribution in [0.15, 0.2) is 40.7 Å². The molecule has 0 radical (unpaired) electrons. The molecule has 0 fully saturated rings. The van der Waals surface area contributed by atoms with E-state index in [1.165, 1.54) is 41.8 Å².